The van der Waals surface area contributed by atoms with Crippen molar-refractivity contribution in [1.29, 1.82) is 5.26 Å². The van der Waals surface area contributed by atoms with E-state index in [9.17, 15) is 14.9 Å². The Hall–Kier alpha value is -3.59. The zero-order chi connectivity index (χ0) is 20.3. The lowest BCUT2D eigenvalue weighted by molar-refractivity contribution is -0.148. The van der Waals surface area contributed by atoms with Gasteiger partial charge in [-0.3, -0.25) is 9.59 Å². The first-order valence-corrected chi connectivity index (χ1v) is 8.85. The summed E-state index contributed by atoms with van der Waals surface area (Å²) < 4.78 is 5.33. The van der Waals surface area contributed by atoms with Crippen molar-refractivity contribution in [1.82, 2.24) is 9.80 Å². The highest BCUT2D eigenvalue weighted by Gasteiger charge is 2.39. The van der Waals surface area contributed by atoms with Crippen LogP contribution in [0.5, 0.6) is 5.75 Å². The fourth-order valence-corrected chi connectivity index (χ4v) is 3.30. The monoisotopic (exact) mass is 375 g/mol. The maximum atomic E-state index is 13.0. The number of ether oxygens (including phenoxy) is 1. The molecular weight excluding hydrogens is 354 g/mol. The molecule has 1 saturated heterocycles. The van der Waals surface area contributed by atoms with Gasteiger partial charge < -0.3 is 14.5 Å². The Morgan fingerprint density at radius 2 is 1.82 bits per heavy atom. The van der Waals surface area contributed by atoms with Crippen LogP contribution in [-0.4, -0.2) is 48.9 Å². The van der Waals surface area contributed by atoms with Crippen LogP contribution >= 0.6 is 0 Å². The van der Waals surface area contributed by atoms with E-state index in [4.69, 9.17) is 4.74 Å². The first-order valence-electron chi connectivity index (χ1n) is 8.85. The molecule has 0 N–H and O–H groups in total. The predicted octanol–water partition coefficient (Wildman–Crippen LogP) is 2.45. The summed E-state index contributed by atoms with van der Waals surface area (Å²) in [5.74, 6) is 0.0118. The fraction of sp³-hybridized carbons (Fsp3) is 0.227. The molecule has 0 spiro atoms. The lowest BCUT2D eigenvalue weighted by atomic mass is 9.99. The Kier molecular flexibility index (Phi) is 5.46. The minimum absolute atomic E-state index is 0.175. The average Bonchev–Trinajstić information content (AvgIpc) is 2.73. The van der Waals surface area contributed by atoms with E-state index in [2.05, 4.69) is 6.07 Å². The maximum Gasteiger partial charge on any atom is 0.271 e. The molecule has 1 aliphatic rings. The van der Waals surface area contributed by atoms with Crippen molar-refractivity contribution in [2.45, 2.75) is 12.5 Å². The van der Waals surface area contributed by atoms with Crippen molar-refractivity contribution in [2.24, 2.45) is 0 Å². The molecule has 28 heavy (non-hydrogen) atoms. The number of rotatable bonds is 4. The highest BCUT2D eigenvalue weighted by atomic mass is 16.5. The number of hydrogen-bond donors (Lipinski definition) is 0. The molecule has 142 valence electrons. The van der Waals surface area contributed by atoms with Gasteiger partial charge in [0.2, 0.25) is 5.91 Å². The molecule has 0 aromatic heterocycles. The zero-order valence-corrected chi connectivity index (χ0v) is 16.0. The summed E-state index contributed by atoms with van der Waals surface area (Å²) in [5, 5.41) is 9.40. The number of amides is 2. The van der Waals surface area contributed by atoms with Crippen LogP contribution in [0.3, 0.4) is 0 Å². The summed E-state index contributed by atoms with van der Waals surface area (Å²) in [5.41, 5.74) is 2.04. The van der Waals surface area contributed by atoms with Crippen LogP contribution in [0.4, 0.5) is 0 Å². The summed E-state index contributed by atoms with van der Waals surface area (Å²) in [4.78, 5) is 28.8. The third-order valence-electron chi connectivity index (χ3n) is 4.94. The van der Waals surface area contributed by atoms with Gasteiger partial charge in [-0.2, -0.15) is 5.26 Å². The van der Waals surface area contributed by atoms with Gasteiger partial charge in [0.15, 0.2) is 0 Å². The lowest BCUT2D eigenvalue weighted by Crippen LogP contribution is -2.56. The number of carbonyl (C=O) groups is 2. The van der Waals surface area contributed by atoms with Crippen molar-refractivity contribution in [3.8, 4) is 11.8 Å². The normalized spacial score (nSPS) is 18.4. The molecule has 0 saturated carbocycles. The van der Waals surface area contributed by atoms with Gasteiger partial charge in [-0.05, 0) is 23.8 Å². The van der Waals surface area contributed by atoms with E-state index in [0.29, 0.717) is 23.3 Å². The molecule has 2 amide bonds. The number of methoxy groups -OCH3 is 1. The van der Waals surface area contributed by atoms with E-state index in [1.807, 2.05) is 30.3 Å². The van der Waals surface area contributed by atoms with Crippen LogP contribution in [0, 0.1) is 11.3 Å². The summed E-state index contributed by atoms with van der Waals surface area (Å²) in [6.45, 7) is 0. The number of nitriles is 1. The second kappa shape index (κ2) is 7.97. The maximum absolute atomic E-state index is 13.0. The highest BCUT2D eigenvalue weighted by molar-refractivity contribution is 6.07. The van der Waals surface area contributed by atoms with Gasteiger partial charge >= 0.3 is 0 Å². The molecule has 0 radical (unpaired) electrons. The topological polar surface area (TPSA) is 73.6 Å². The van der Waals surface area contributed by atoms with Crippen LogP contribution in [0.2, 0.25) is 0 Å². The zero-order valence-electron chi connectivity index (χ0n) is 16.0. The van der Waals surface area contributed by atoms with Crippen molar-refractivity contribution < 1.29 is 14.3 Å². The number of carbonyl (C=O) groups excluding carboxylic acids is 2. The Morgan fingerprint density at radius 3 is 2.46 bits per heavy atom. The van der Waals surface area contributed by atoms with Gasteiger partial charge in [-0.1, -0.05) is 36.4 Å². The Morgan fingerprint density at radius 1 is 1.11 bits per heavy atom. The minimum atomic E-state index is -0.579. The van der Waals surface area contributed by atoms with E-state index in [1.54, 1.807) is 38.4 Å². The molecule has 0 aliphatic carbocycles. The molecule has 6 heteroatoms. The van der Waals surface area contributed by atoms with Gasteiger partial charge in [-0.25, -0.2) is 0 Å². The van der Waals surface area contributed by atoms with Crippen molar-refractivity contribution >= 4 is 17.9 Å². The van der Waals surface area contributed by atoms with Gasteiger partial charge in [0.1, 0.15) is 17.5 Å². The van der Waals surface area contributed by atoms with E-state index >= 15 is 0 Å². The Bertz CT molecular complexity index is 976. The van der Waals surface area contributed by atoms with Gasteiger partial charge in [-0.15, -0.1) is 0 Å². The van der Waals surface area contributed by atoms with Crippen LogP contribution in [0.1, 0.15) is 16.7 Å². The van der Waals surface area contributed by atoms with Gasteiger partial charge in [0, 0.05) is 26.1 Å². The third-order valence-corrected chi connectivity index (χ3v) is 4.94. The Balaban J connectivity index is 1.98. The molecule has 0 bridgehead atoms. The second-order valence-corrected chi connectivity index (χ2v) is 6.58. The molecular formula is C22H21N3O3. The van der Waals surface area contributed by atoms with Crippen LogP contribution in [-0.2, 0) is 16.0 Å². The molecule has 1 aliphatic heterocycles. The first-order chi connectivity index (χ1) is 13.5. The summed E-state index contributed by atoms with van der Waals surface area (Å²) in [6, 6.07) is 16.2. The molecule has 6 nitrogen and oxygen atoms in total. The van der Waals surface area contributed by atoms with Crippen LogP contribution < -0.4 is 4.74 Å². The van der Waals surface area contributed by atoms with Gasteiger partial charge in [0.05, 0.1) is 18.7 Å². The smallest absolute Gasteiger partial charge is 0.271 e. The number of nitrogens with zero attached hydrogens (tertiary/aromatic N) is 3. The molecule has 1 fully saturated rings. The predicted molar refractivity (Wildman–Crippen MR) is 105 cm³/mol. The lowest BCUT2D eigenvalue weighted by Gasteiger charge is -2.38. The average molecular weight is 375 g/mol. The fourth-order valence-electron chi connectivity index (χ4n) is 3.30. The molecule has 2 aromatic carbocycles. The Labute approximate surface area is 164 Å². The largest absolute Gasteiger partial charge is 0.496 e. The molecule has 1 atom stereocenters. The first kappa shape index (κ1) is 19.2. The van der Waals surface area contributed by atoms with Crippen LogP contribution in [0.25, 0.3) is 6.08 Å². The standard InChI is InChI=1S/C22H21N3O3/c1-24-18(12-15-8-5-4-6-9-15)21(26)25(2)19(22(24)27)13-17-16(14-23)10-7-11-20(17)28-3/h4-11,13,18H,12H2,1-3H3. The summed E-state index contributed by atoms with van der Waals surface area (Å²) in [6.07, 6.45) is 1.99. The molecule has 1 unspecified atom stereocenters. The molecule has 1 heterocycles. The highest BCUT2D eigenvalue weighted by Crippen LogP contribution is 2.28. The van der Waals surface area contributed by atoms with E-state index in [0.717, 1.165) is 5.56 Å². The number of benzene rings is 2. The van der Waals surface area contributed by atoms with Gasteiger partial charge in [0.25, 0.3) is 5.91 Å². The quantitative estimate of drug-likeness (QED) is 0.770. The van der Waals surface area contributed by atoms with E-state index < -0.39 is 6.04 Å². The van der Waals surface area contributed by atoms with E-state index in [-0.39, 0.29) is 17.5 Å². The molecule has 2 aromatic rings. The van der Waals surface area contributed by atoms with E-state index in [1.165, 1.54) is 16.9 Å². The second-order valence-electron chi connectivity index (χ2n) is 6.58. The van der Waals surface area contributed by atoms with Crippen molar-refractivity contribution in [3.05, 3.63) is 70.9 Å². The third kappa shape index (κ3) is 3.47. The number of likely N-dealkylation sites (N-methyl/N-ethyl adjacent to an activating group) is 2. The minimum Gasteiger partial charge on any atom is -0.496 e. The van der Waals surface area contributed by atoms with Crippen molar-refractivity contribution in [3.63, 3.8) is 0 Å². The number of piperazine rings is 1. The SMILES string of the molecule is COc1cccc(C#N)c1C=C1C(=O)N(C)C(Cc2ccccc2)C(=O)N1C. The summed E-state index contributed by atoms with van der Waals surface area (Å²) >= 11 is 0. The van der Waals surface area contributed by atoms with Crippen molar-refractivity contribution in [2.75, 3.05) is 21.2 Å². The number of hydrogen-bond acceptors (Lipinski definition) is 4. The van der Waals surface area contributed by atoms with Crippen LogP contribution in [0.15, 0.2) is 54.2 Å². The molecule has 3 rings (SSSR count). The summed E-state index contributed by atoms with van der Waals surface area (Å²) in [7, 11) is 4.71.